The molecule has 340 valence electrons. The molecule has 0 bridgehead atoms. The van der Waals surface area contributed by atoms with E-state index < -0.39 is 43.8 Å². The third kappa shape index (κ3) is 19.8. The van der Waals surface area contributed by atoms with E-state index in [0.29, 0.717) is 56.0 Å². The summed E-state index contributed by atoms with van der Waals surface area (Å²) < 4.78 is 83.1. The van der Waals surface area contributed by atoms with Crippen molar-refractivity contribution in [2.24, 2.45) is 0 Å². The Morgan fingerprint density at radius 1 is 0.783 bits per heavy atom. The fraction of sp³-hybridized carbons (Fsp3) is 0.641. The number of carbonyl (C=O) groups is 2. The highest BCUT2D eigenvalue weighted by Crippen LogP contribution is 2.38. The maximum atomic E-state index is 13.1. The smallest absolute Gasteiger partial charge is 0.252 e. The van der Waals surface area contributed by atoms with E-state index in [2.05, 4.69) is 14.9 Å². The van der Waals surface area contributed by atoms with Crippen molar-refractivity contribution in [3.05, 3.63) is 63.1 Å². The van der Waals surface area contributed by atoms with E-state index in [1.54, 1.807) is 24.3 Å². The van der Waals surface area contributed by atoms with Crippen molar-refractivity contribution < 1.29 is 65.1 Å². The third-order valence-corrected chi connectivity index (χ3v) is 12.1. The first-order chi connectivity index (χ1) is 28.6. The van der Waals surface area contributed by atoms with Crippen LogP contribution in [0.4, 0.5) is 0 Å². The zero-order valence-corrected chi connectivity index (χ0v) is 37.3. The van der Waals surface area contributed by atoms with Crippen LogP contribution in [0, 0.1) is 0 Å². The van der Waals surface area contributed by atoms with Gasteiger partial charge in [-0.05, 0) is 60.8 Å². The normalized spacial score (nSPS) is 15.7. The summed E-state index contributed by atoms with van der Waals surface area (Å²) in [4.78, 5) is 26.6. The first kappa shape index (κ1) is 52.0. The van der Waals surface area contributed by atoms with Gasteiger partial charge in [0.25, 0.3) is 5.91 Å². The number of rotatable bonds is 32. The predicted molar refractivity (Wildman–Crippen MR) is 225 cm³/mol. The van der Waals surface area contributed by atoms with E-state index in [1.807, 2.05) is 19.2 Å². The second-order valence-electron chi connectivity index (χ2n) is 14.1. The Morgan fingerprint density at radius 2 is 1.35 bits per heavy atom. The second-order valence-corrected chi connectivity index (χ2v) is 19.0. The summed E-state index contributed by atoms with van der Waals surface area (Å²) in [6.45, 7) is 4.35. The Morgan fingerprint density at radius 3 is 1.97 bits per heavy atom. The largest absolute Gasteiger partial charge is 0.382 e. The molecule has 0 radical (unpaired) electrons. The number of hydrogen-bond acceptors (Lipinski definition) is 15. The molecule has 0 fully saturated rings. The van der Waals surface area contributed by atoms with Gasteiger partial charge in [0.15, 0.2) is 11.9 Å². The van der Waals surface area contributed by atoms with E-state index in [1.165, 1.54) is 6.26 Å². The number of nitrogens with zero attached hydrogens (tertiary/aromatic N) is 1. The number of nitrogens with one attached hydrogen (secondary N) is 2. The van der Waals surface area contributed by atoms with Gasteiger partial charge >= 0.3 is 0 Å². The molecule has 0 saturated heterocycles. The Labute approximate surface area is 363 Å². The highest BCUT2D eigenvalue weighted by atomic mass is 35.5. The quantitative estimate of drug-likeness (QED) is 0.0765. The van der Waals surface area contributed by atoms with E-state index in [-0.39, 0.29) is 95.4 Å². The molecule has 3 rings (SSSR count). The van der Waals surface area contributed by atoms with Gasteiger partial charge in [0.1, 0.15) is 15.9 Å². The maximum Gasteiger partial charge on any atom is 0.252 e. The van der Waals surface area contributed by atoms with Crippen molar-refractivity contribution in [1.82, 2.24) is 14.9 Å². The number of ether oxygens (including phenoxy) is 6. The molecular formula is C39H59Cl2N3O14S2. The molecule has 0 aliphatic carbocycles. The summed E-state index contributed by atoms with van der Waals surface area (Å²) in [6, 6.07) is 10.5. The zero-order chi connectivity index (χ0) is 44.0. The van der Waals surface area contributed by atoms with Crippen LogP contribution in [0.1, 0.15) is 41.9 Å². The summed E-state index contributed by atoms with van der Waals surface area (Å²) in [6.07, 6.45) is -2.04. The molecule has 2 aromatic carbocycles. The van der Waals surface area contributed by atoms with E-state index in [0.717, 1.165) is 16.7 Å². The molecule has 0 saturated carbocycles. The Bertz CT molecular complexity index is 1840. The van der Waals surface area contributed by atoms with Gasteiger partial charge in [0.2, 0.25) is 10.0 Å². The minimum atomic E-state index is -3.80. The average Bonchev–Trinajstić information content (AvgIpc) is 3.20. The molecule has 1 heterocycles. The van der Waals surface area contributed by atoms with Crippen LogP contribution >= 0.6 is 23.2 Å². The number of hydrogen-bond donors (Lipinski definition) is 4. The van der Waals surface area contributed by atoms with Crippen LogP contribution in [0.2, 0.25) is 10.0 Å². The van der Waals surface area contributed by atoms with E-state index in [4.69, 9.17) is 51.6 Å². The number of aliphatic hydroxyl groups excluding tert-OH is 2. The second kappa shape index (κ2) is 27.7. The number of Topliss-reactive ketones (excluding diaryl/α,β-unsaturated/α-hetero) is 1. The van der Waals surface area contributed by atoms with Crippen LogP contribution in [-0.4, -0.2) is 174 Å². The zero-order valence-electron chi connectivity index (χ0n) is 34.2. The third-order valence-electron chi connectivity index (χ3n) is 9.05. The molecule has 0 unspecified atom stereocenters. The fourth-order valence-corrected chi connectivity index (χ4v) is 8.31. The van der Waals surface area contributed by atoms with Crippen molar-refractivity contribution in [2.75, 3.05) is 118 Å². The molecule has 60 heavy (non-hydrogen) atoms. The Kier molecular flexibility index (Phi) is 24.0. The molecule has 1 aliphatic heterocycles. The minimum Gasteiger partial charge on any atom is -0.382 e. The van der Waals surface area contributed by atoms with Crippen LogP contribution in [0.15, 0.2) is 41.3 Å². The number of fused-ring (bicyclic) bond motifs is 1. The molecule has 1 amide bonds. The van der Waals surface area contributed by atoms with Gasteiger partial charge in [0.05, 0.1) is 76.7 Å². The van der Waals surface area contributed by atoms with Gasteiger partial charge in [0, 0.05) is 68.0 Å². The van der Waals surface area contributed by atoms with Crippen molar-refractivity contribution in [3.8, 4) is 0 Å². The lowest BCUT2D eigenvalue weighted by atomic mass is 9.85. The molecule has 3 atom stereocenters. The Balaban J connectivity index is 1.16. The topological polar surface area (TPSA) is 226 Å². The number of halogens is 2. The number of benzene rings is 2. The summed E-state index contributed by atoms with van der Waals surface area (Å²) in [5.41, 5.74) is 2.81. The average molecular weight is 929 g/mol. The van der Waals surface area contributed by atoms with Crippen LogP contribution < -0.4 is 10.0 Å². The summed E-state index contributed by atoms with van der Waals surface area (Å²) in [7, 11) is -4.81. The molecule has 0 spiro atoms. The van der Waals surface area contributed by atoms with Crippen LogP contribution in [0.3, 0.4) is 0 Å². The standard InChI is InChI=1S/C39H59Cl2N3O14S2/c1-44-27-33(32-25-30(40)26-35(41)34(32)28-44)29-6-3-7-31(24-29)60(51,52)43-10-14-56-18-22-58-21-17-55-13-9-42-39(48)38(47)37(46)36(45)8-4-11-53-15-19-57-20-16-54-12-5-23-59(2,49)50/h3,6-7,24-26,33,37-38,43,46-47H,4-5,8-23,27-28H2,1-2H3,(H,42,48)/t33-,37+,38-/m0/s1. The fourth-order valence-electron chi connectivity index (χ4n) is 6.03. The summed E-state index contributed by atoms with van der Waals surface area (Å²) in [5, 5.41) is 23.7. The number of likely N-dealkylation sites (N-methyl/N-ethyl adjacent to an activating group) is 1. The molecular weight excluding hydrogens is 869 g/mol. The Hall–Kier alpha value is -2.34. The molecule has 17 nitrogen and oxygen atoms in total. The summed E-state index contributed by atoms with van der Waals surface area (Å²) in [5.74, 6) is -1.63. The van der Waals surface area contributed by atoms with Gasteiger partial charge < -0.3 is 48.9 Å². The highest BCUT2D eigenvalue weighted by molar-refractivity contribution is 7.90. The maximum absolute atomic E-state index is 13.1. The highest BCUT2D eigenvalue weighted by Gasteiger charge is 2.30. The van der Waals surface area contributed by atoms with Gasteiger partial charge in [-0.3, -0.25) is 9.59 Å². The van der Waals surface area contributed by atoms with Crippen LogP contribution in [0.5, 0.6) is 0 Å². The molecule has 0 aromatic heterocycles. The van der Waals surface area contributed by atoms with Gasteiger partial charge in [-0.2, -0.15) is 0 Å². The van der Waals surface area contributed by atoms with Gasteiger partial charge in [-0.15, -0.1) is 0 Å². The van der Waals surface area contributed by atoms with Crippen molar-refractivity contribution >= 4 is 54.8 Å². The monoisotopic (exact) mass is 927 g/mol. The molecule has 4 N–H and O–H groups in total. The van der Waals surface area contributed by atoms with E-state index >= 15 is 0 Å². The first-order valence-corrected chi connectivity index (χ1v) is 24.0. The van der Waals surface area contributed by atoms with Crippen molar-refractivity contribution in [1.29, 1.82) is 0 Å². The van der Waals surface area contributed by atoms with Crippen LogP contribution in [0.25, 0.3) is 0 Å². The van der Waals surface area contributed by atoms with E-state index in [9.17, 15) is 36.6 Å². The minimum absolute atomic E-state index is 0.0287. The van der Waals surface area contributed by atoms with Gasteiger partial charge in [-0.25, -0.2) is 21.6 Å². The number of ketones is 1. The number of sulfonamides is 1. The number of sulfone groups is 1. The number of amides is 1. The molecule has 21 heteroatoms. The lowest BCUT2D eigenvalue weighted by molar-refractivity contribution is -0.145. The summed E-state index contributed by atoms with van der Waals surface area (Å²) >= 11 is 12.8. The van der Waals surface area contributed by atoms with Crippen LogP contribution in [-0.2, 0) is 64.4 Å². The molecule has 2 aromatic rings. The first-order valence-electron chi connectivity index (χ1n) is 19.7. The predicted octanol–water partition coefficient (Wildman–Crippen LogP) is 1.57. The van der Waals surface area contributed by atoms with Crippen molar-refractivity contribution in [2.45, 2.75) is 48.8 Å². The number of carbonyl (C=O) groups excluding carboxylic acids is 2. The lowest BCUT2D eigenvalue weighted by Crippen LogP contribution is -2.46. The SMILES string of the molecule is CN1Cc2c(Cl)cc(Cl)cc2[C@H](c2cccc(S(=O)(=O)NCCOCCOCCOCCNC(=O)[C@@H](O)[C@H](O)C(=O)CCCOCCOCCOCCCS(C)(=O)=O)c2)C1. The molecule has 1 aliphatic rings. The lowest BCUT2D eigenvalue weighted by Gasteiger charge is -2.33. The number of aliphatic hydroxyl groups is 2. The van der Waals surface area contributed by atoms with Gasteiger partial charge in [-0.1, -0.05) is 35.3 Å². The van der Waals surface area contributed by atoms with Crippen molar-refractivity contribution in [3.63, 3.8) is 0 Å².